The van der Waals surface area contributed by atoms with Gasteiger partial charge in [-0.05, 0) is 31.8 Å². The van der Waals surface area contributed by atoms with E-state index in [4.69, 9.17) is 0 Å². The summed E-state index contributed by atoms with van der Waals surface area (Å²) in [5, 5.41) is 0. The Bertz CT molecular complexity index is 271. The molecule has 13 heavy (non-hydrogen) atoms. The summed E-state index contributed by atoms with van der Waals surface area (Å²) in [6, 6.07) is 0. The van der Waals surface area contributed by atoms with Crippen LogP contribution in [0.1, 0.15) is 26.2 Å². The van der Waals surface area contributed by atoms with Gasteiger partial charge < -0.3 is 0 Å². The summed E-state index contributed by atoms with van der Waals surface area (Å²) in [6.45, 7) is 9.29. The van der Waals surface area contributed by atoms with Gasteiger partial charge in [-0.3, -0.25) is 4.79 Å². The van der Waals surface area contributed by atoms with Gasteiger partial charge in [-0.25, -0.2) is 0 Å². The predicted octanol–water partition coefficient (Wildman–Crippen LogP) is 3.04. The summed E-state index contributed by atoms with van der Waals surface area (Å²) >= 11 is 0. The van der Waals surface area contributed by atoms with Gasteiger partial charge in [-0.2, -0.15) is 0 Å². The first-order chi connectivity index (χ1) is 6.16. The standard InChI is InChI=1S/C12H16O/c1-4-6-11-9(2)7-5-8-12(11)10(3)13/h4,6,12H,1-2,5,7-8H2,3H3/b11-6+. The van der Waals surface area contributed by atoms with Crippen LogP contribution in [0.5, 0.6) is 0 Å². The molecule has 0 spiro atoms. The fourth-order valence-corrected chi connectivity index (χ4v) is 1.85. The second-order valence-electron chi connectivity index (χ2n) is 3.52. The third-order valence-corrected chi connectivity index (χ3v) is 2.54. The number of hydrogen-bond acceptors (Lipinski definition) is 1. The lowest BCUT2D eigenvalue weighted by Gasteiger charge is -2.24. The van der Waals surface area contributed by atoms with Crippen molar-refractivity contribution in [1.82, 2.24) is 0 Å². The Balaban J connectivity index is 2.93. The van der Waals surface area contributed by atoms with Gasteiger partial charge in [-0.15, -0.1) is 0 Å². The van der Waals surface area contributed by atoms with E-state index in [0.717, 1.165) is 30.4 Å². The normalized spacial score (nSPS) is 26.1. The van der Waals surface area contributed by atoms with Crippen molar-refractivity contribution in [2.24, 2.45) is 5.92 Å². The molecule has 1 saturated carbocycles. The highest BCUT2D eigenvalue weighted by Gasteiger charge is 2.24. The van der Waals surface area contributed by atoms with Gasteiger partial charge in [0.1, 0.15) is 5.78 Å². The molecular formula is C12H16O. The number of rotatable bonds is 2. The summed E-state index contributed by atoms with van der Waals surface area (Å²) in [6.07, 6.45) is 6.73. The molecule has 1 heteroatoms. The maximum Gasteiger partial charge on any atom is 0.137 e. The van der Waals surface area contributed by atoms with E-state index in [0.29, 0.717) is 0 Å². The number of carbonyl (C=O) groups is 1. The summed E-state index contributed by atoms with van der Waals surface area (Å²) in [5.74, 6) is 0.313. The van der Waals surface area contributed by atoms with Crippen LogP contribution in [0, 0.1) is 5.92 Å². The zero-order valence-corrected chi connectivity index (χ0v) is 8.18. The van der Waals surface area contributed by atoms with Crippen molar-refractivity contribution in [2.75, 3.05) is 0 Å². The summed E-state index contributed by atoms with van der Waals surface area (Å²) in [7, 11) is 0. The molecule has 0 radical (unpaired) electrons. The monoisotopic (exact) mass is 176 g/mol. The SMILES string of the molecule is C=C/C=C1\C(=C)CCCC1C(C)=O. The molecule has 0 heterocycles. The molecule has 0 aliphatic heterocycles. The highest BCUT2D eigenvalue weighted by molar-refractivity contribution is 5.82. The van der Waals surface area contributed by atoms with Gasteiger partial charge in [0.15, 0.2) is 0 Å². The lowest BCUT2D eigenvalue weighted by atomic mass is 9.79. The van der Waals surface area contributed by atoms with Crippen LogP contribution in [0.4, 0.5) is 0 Å². The third-order valence-electron chi connectivity index (χ3n) is 2.54. The molecular weight excluding hydrogens is 160 g/mol. The van der Waals surface area contributed by atoms with E-state index in [1.165, 1.54) is 0 Å². The molecule has 0 aromatic rings. The summed E-state index contributed by atoms with van der Waals surface area (Å²) < 4.78 is 0. The lowest BCUT2D eigenvalue weighted by molar-refractivity contribution is -0.119. The molecule has 0 N–H and O–H groups in total. The first-order valence-corrected chi connectivity index (χ1v) is 4.68. The second kappa shape index (κ2) is 4.22. The van der Waals surface area contributed by atoms with Crippen LogP contribution in [-0.2, 0) is 4.79 Å². The van der Waals surface area contributed by atoms with Crippen LogP contribution < -0.4 is 0 Å². The molecule has 1 atom stereocenters. The van der Waals surface area contributed by atoms with Crippen LogP contribution >= 0.6 is 0 Å². The number of hydrogen-bond donors (Lipinski definition) is 0. The average molecular weight is 176 g/mol. The quantitative estimate of drug-likeness (QED) is 0.632. The van der Waals surface area contributed by atoms with E-state index >= 15 is 0 Å². The van der Waals surface area contributed by atoms with Crippen molar-refractivity contribution in [3.63, 3.8) is 0 Å². The number of ketones is 1. The maximum absolute atomic E-state index is 11.3. The first kappa shape index (κ1) is 9.97. The minimum atomic E-state index is 0.0687. The van der Waals surface area contributed by atoms with Crippen molar-refractivity contribution >= 4 is 5.78 Å². The number of allylic oxidation sites excluding steroid dienone is 4. The first-order valence-electron chi connectivity index (χ1n) is 4.68. The van der Waals surface area contributed by atoms with E-state index in [1.54, 1.807) is 13.0 Å². The van der Waals surface area contributed by atoms with Crippen molar-refractivity contribution in [3.05, 3.63) is 36.5 Å². The molecule has 70 valence electrons. The smallest absolute Gasteiger partial charge is 0.137 e. The molecule has 0 saturated heterocycles. The van der Waals surface area contributed by atoms with Crippen molar-refractivity contribution in [3.8, 4) is 0 Å². The predicted molar refractivity (Wildman–Crippen MR) is 55.4 cm³/mol. The average Bonchev–Trinajstić information content (AvgIpc) is 2.08. The van der Waals surface area contributed by atoms with Gasteiger partial charge in [0.05, 0.1) is 0 Å². The van der Waals surface area contributed by atoms with Crippen LogP contribution in [-0.4, -0.2) is 5.78 Å². The zero-order chi connectivity index (χ0) is 9.84. The summed E-state index contributed by atoms with van der Waals surface area (Å²) in [5.41, 5.74) is 2.19. The minimum absolute atomic E-state index is 0.0687. The Labute approximate surface area is 79.8 Å². The highest BCUT2D eigenvalue weighted by Crippen LogP contribution is 2.33. The second-order valence-corrected chi connectivity index (χ2v) is 3.52. The third kappa shape index (κ3) is 2.18. The summed E-state index contributed by atoms with van der Waals surface area (Å²) in [4.78, 5) is 11.3. The van der Waals surface area contributed by atoms with Crippen LogP contribution in [0.3, 0.4) is 0 Å². The van der Waals surface area contributed by atoms with Gasteiger partial charge in [0.2, 0.25) is 0 Å². The van der Waals surface area contributed by atoms with Crippen LogP contribution in [0.25, 0.3) is 0 Å². The molecule has 1 nitrogen and oxygen atoms in total. The molecule has 0 amide bonds. The fraction of sp³-hybridized carbons (Fsp3) is 0.417. The van der Waals surface area contributed by atoms with Gasteiger partial charge in [0, 0.05) is 5.92 Å². The van der Waals surface area contributed by atoms with E-state index < -0.39 is 0 Å². The Morgan fingerprint density at radius 1 is 1.62 bits per heavy atom. The molecule has 1 rings (SSSR count). The van der Waals surface area contributed by atoms with Crippen molar-refractivity contribution in [2.45, 2.75) is 26.2 Å². The van der Waals surface area contributed by atoms with Gasteiger partial charge >= 0.3 is 0 Å². The van der Waals surface area contributed by atoms with Gasteiger partial charge in [-0.1, -0.05) is 30.9 Å². The molecule has 0 aromatic carbocycles. The van der Waals surface area contributed by atoms with Crippen molar-refractivity contribution in [1.29, 1.82) is 0 Å². The van der Waals surface area contributed by atoms with E-state index in [1.807, 2.05) is 6.08 Å². The van der Waals surface area contributed by atoms with E-state index in [2.05, 4.69) is 13.2 Å². The molecule has 1 unspecified atom stereocenters. The number of Topliss-reactive ketones (excluding diaryl/α,β-unsaturated/α-hetero) is 1. The minimum Gasteiger partial charge on any atom is -0.299 e. The van der Waals surface area contributed by atoms with Crippen LogP contribution in [0.15, 0.2) is 36.5 Å². The Morgan fingerprint density at radius 2 is 2.31 bits per heavy atom. The van der Waals surface area contributed by atoms with Crippen molar-refractivity contribution < 1.29 is 4.79 Å². The molecule has 0 bridgehead atoms. The maximum atomic E-state index is 11.3. The zero-order valence-electron chi connectivity index (χ0n) is 8.18. The fourth-order valence-electron chi connectivity index (χ4n) is 1.85. The Morgan fingerprint density at radius 3 is 2.85 bits per heavy atom. The topological polar surface area (TPSA) is 17.1 Å². The lowest BCUT2D eigenvalue weighted by Crippen LogP contribution is -2.18. The highest BCUT2D eigenvalue weighted by atomic mass is 16.1. The van der Waals surface area contributed by atoms with Gasteiger partial charge in [0.25, 0.3) is 0 Å². The Hall–Kier alpha value is -1.11. The van der Waals surface area contributed by atoms with Crippen LogP contribution in [0.2, 0.25) is 0 Å². The molecule has 1 aliphatic rings. The Kier molecular flexibility index (Phi) is 3.24. The van der Waals surface area contributed by atoms with E-state index in [9.17, 15) is 4.79 Å². The molecule has 1 fully saturated rings. The molecule has 1 aliphatic carbocycles. The van der Waals surface area contributed by atoms with E-state index in [-0.39, 0.29) is 11.7 Å². The largest absolute Gasteiger partial charge is 0.299 e. The number of carbonyl (C=O) groups excluding carboxylic acids is 1. The molecule has 0 aromatic heterocycles.